The van der Waals surface area contributed by atoms with Crippen LogP contribution in [0.5, 0.6) is 17.2 Å². The van der Waals surface area contributed by atoms with Crippen LogP contribution in [0.2, 0.25) is 0 Å². The third-order valence-electron chi connectivity index (χ3n) is 4.76. The van der Waals surface area contributed by atoms with E-state index in [-0.39, 0.29) is 6.54 Å². The van der Waals surface area contributed by atoms with Crippen molar-refractivity contribution in [2.45, 2.75) is 25.9 Å². The summed E-state index contributed by atoms with van der Waals surface area (Å²) >= 11 is 0. The number of benzene rings is 2. The molecule has 0 saturated carbocycles. The van der Waals surface area contributed by atoms with Gasteiger partial charge in [0.15, 0.2) is 17.5 Å². The fourth-order valence-electron chi connectivity index (χ4n) is 3.14. The molecule has 0 heterocycles. The Balaban J connectivity index is 2.06. The molecule has 0 aliphatic rings. The molecule has 0 amide bonds. The monoisotopic (exact) mass is 415 g/mol. The second kappa shape index (κ2) is 11.3. The molecule has 30 heavy (non-hydrogen) atoms. The van der Waals surface area contributed by atoms with Crippen molar-refractivity contribution in [3.8, 4) is 17.2 Å². The fraction of sp³-hybridized carbons (Fsp3) is 0.435. The Morgan fingerprint density at radius 1 is 0.967 bits per heavy atom. The summed E-state index contributed by atoms with van der Waals surface area (Å²) in [5.74, 6) is 2.52. The second-order valence-electron chi connectivity index (χ2n) is 7.01. The Morgan fingerprint density at radius 2 is 1.67 bits per heavy atom. The fourth-order valence-corrected chi connectivity index (χ4v) is 3.14. The number of aliphatic hydroxyl groups is 1. The van der Waals surface area contributed by atoms with E-state index in [9.17, 15) is 5.11 Å². The number of methoxy groups -OCH3 is 3. The van der Waals surface area contributed by atoms with Gasteiger partial charge in [-0.05, 0) is 31.9 Å². The topological polar surface area (TPSA) is 84.3 Å². The number of nitrogens with zero attached hydrogens (tertiary/aromatic N) is 1. The zero-order valence-electron chi connectivity index (χ0n) is 18.5. The van der Waals surface area contributed by atoms with Crippen molar-refractivity contribution in [1.82, 2.24) is 10.6 Å². The maximum absolute atomic E-state index is 10.8. The minimum absolute atomic E-state index is 0.242. The van der Waals surface area contributed by atoms with E-state index in [1.54, 1.807) is 28.3 Å². The molecule has 2 aromatic rings. The average molecular weight is 416 g/mol. The number of hydrogen-bond donors (Lipinski definition) is 3. The molecule has 0 aromatic heterocycles. The van der Waals surface area contributed by atoms with Gasteiger partial charge in [0, 0.05) is 18.7 Å². The molecule has 1 unspecified atom stereocenters. The predicted octanol–water partition coefficient (Wildman–Crippen LogP) is 2.72. The van der Waals surface area contributed by atoms with Crippen molar-refractivity contribution in [3.63, 3.8) is 0 Å². The Hall–Kier alpha value is -2.93. The van der Waals surface area contributed by atoms with Crippen molar-refractivity contribution in [2.75, 3.05) is 41.0 Å². The van der Waals surface area contributed by atoms with E-state index in [0.717, 1.165) is 17.7 Å². The number of aliphatic imine (C=N–C) groups is 1. The van der Waals surface area contributed by atoms with Gasteiger partial charge >= 0.3 is 0 Å². The van der Waals surface area contributed by atoms with Gasteiger partial charge < -0.3 is 30.0 Å². The Bertz CT molecular complexity index is 823. The summed E-state index contributed by atoms with van der Waals surface area (Å²) < 4.78 is 16.3. The SMILES string of the molecule is CCNC(=NCC(C)(O)c1ccccc1)NCCc1ccc(OC)c(OC)c1OC. The minimum atomic E-state index is -1.05. The zero-order chi connectivity index (χ0) is 22.0. The first-order valence-electron chi connectivity index (χ1n) is 10.0. The molecule has 0 radical (unpaired) electrons. The minimum Gasteiger partial charge on any atom is -0.493 e. The molecule has 0 bridgehead atoms. The lowest BCUT2D eigenvalue weighted by molar-refractivity contribution is 0.0672. The van der Waals surface area contributed by atoms with Crippen LogP contribution < -0.4 is 24.8 Å². The van der Waals surface area contributed by atoms with E-state index in [2.05, 4.69) is 15.6 Å². The first-order valence-corrected chi connectivity index (χ1v) is 10.0. The van der Waals surface area contributed by atoms with Gasteiger partial charge in [-0.15, -0.1) is 0 Å². The normalized spacial score (nSPS) is 13.3. The van der Waals surface area contributed by atoms with Gasteiger partial charge in [-0.25, -0.2) is 4.99 Å². The summed E-state index contributed by atoms with van der Waals surface area (Å²) in [6, 6.07) is 13.4. The zero-order valence-corrected chi connectivity index (χ0v) is 18.5. The summed E-state index contributed by atoms with van der Waals surface area (Å²) in [6.07, 6.45) is 0.697. The maximum Gasteiger partial charge on any atom is 0.203 e. The Labute approximate surface area is 179 Å². The quantitative estimate of drug-likeness (QED) is 0.409. The highest BCUT2D eigenvalue weighted by Crippen LogP contribution is 2.39. The second-order valence-corrected chi connectivity index (χ2v) is 7.01. The van der Waals surface area contributed by atoms with E-state index in [1.165, 1.54) is 0 Å². The lowest BCUT2D eigenvalue weighted by atomic mass is 9.96. The van der Waals surface area contributed by atoms with Crippen LogP contribution in [0.25, 0.3) is 0 Å². The first kappa shape index (κ1) is 23.3. The van der Waals surface area contributed by atoms with Crippen molar-refractivity contribution >= 4 is 5.96 Å². The summed E-state index contributed by atoms with van der Waals surface area (Å²) in [5.41, 5.74) is 0.783. The molecule has 0 spiro atoms. The average Bonchev–Trinajstić information content (AvgIpc) is 2.77. The molecule has 7 heteroatoms. The van der Waals surface area contributed by atoms with Crippen LogP contribution >= 0.6 is 0 Å². The van der Waals surface area contributed by atoms with Gasteiger partial charge in [0.1, 0.15) is 5.60 Å². The number of ether oxygens (including phenoxy) is 3. The molecule has 7 nitrogen and oxygen atoms in total. The third-order valence-corrected chi connectivity index (χ3v) is 4.76. The summed E-state index contributed by atoms with van der Waals surface area (Å²) in [6.45, 7) is 5.37. The largest absolute Gasteiger partial charge is 0.493 e. The van der Waals surface area contributed by atoms with E-state index >= 15 is 0 Å². The van der Waals surface area contributed by atoms with Gasteiger partial charge in [0.05, 0.1) is 27.9 Å². The highest BCUT2D eigenvalue weighted by atomic mass is 16.5. The van der Waals surface area contributed by atoms with Crippen molar-refractivity contribution in [1.29, 1.82) is 0 Å². The lowest BCUT2D eigenvalue weighted by Crippen LogP contribution is -2.39. The van der Waals surface area contributed by atoms with E-state index < -0.39 is 5.60 Å². The number of rotatable bonds is 10. The molecule has 2 aromatic carbocycles. The highest BCUT2D eigenvalue weighted by molar-refractivity contribution is 5.79. The summed E-state index contributed by atoms with van der Waals surface area (Å²) in [7, 11) is 4.81. The Morgan fingerprint density at radius 3 is 2.27 bits per heavy atom. The van der Waals surface area contributed by atoms with Crippen LogP contribution in [-0.2, 0) is 12.0 Å². The van der Waals surface area contributed by atoms with Crippen LogP contribution in [0, 0.1) is 0 Å². The lowest BCUT2D eigenvalue weighted by Gasteiger charge is -2.22. The number of guanidine groups is 1. The molecule has 0 saturated heterocycles. The standard InChI is InChI=1S/C23H33N3O4/c1-6-24-22(26-16-23(2,27)18-10-8-7-9-11-18)25-15-14-17-12-13-19(28-3)21(30-5)20(17)29-4/h7-13,27H,6,14-16H2,1-5H3,(H2,24,25,26). The van der Waals surface area contributed by atoms with E-state index in [1.807, 2.05) is 49.4 Å². The molecule has 1 atom stereocenters. The van der Waals surface area contributed by atoms with Crippen LogP contribution in [0.1, 0.15) is 25.0 Å². The molecular formula is C23H33N3O4. The van der Waals surface area contributed by atoms with E-state index in [4.69, 9.17) is 14.2 Å². The summed E-state index contributed by atoms with van der Waals surface area (Å²) in [5, 5.41) is 17.3. The van der Waals surface area contributed by atoms with Gasteiger partial charge in [-0.2, -0.15) is 0 Å². The molecule has 0 aliphatic heterocycles. The molecular weight excluding hydrogens is 382 g/mol. The number of hydrogen-bond acceptors (Lipinski definition) is 5. The number of nitrogens with one attached hydrogen (secondary N) is 2. The van der Waals surface area contributed by atoms with Gasteiger partial charge in [0.2, 0.25) is 5.75 Å². The van der Waals surface area contributed by atoms with Gasteiger partial charge in [0.25, 0.3) is 0 Å². The molecule has 0 fully saturated rings. The molecule has 0 aliphatic carbocycles. The molecule has 3 N–H and O–H groups in total. The van der Waals surface area contributed by atoms with Gasteiger partial charge in [-0.3, -0.25) is 0 Å². The van der Waals surface area contributed by atoms with Crippen molar-refractivity contribution in [3.05, 3.63) is 53.6 Å². The molecule has 164 valence electrons. The van der Waals surface area contributed by atoms with Crippen LogP contribution in [0.4, 0.5) is 0 Å². The van der Waals surface area contributed by atoms with Crippen molar-refractivity contribution < 1.29 is 19.3 Å². The third kappa shape index (κ3) is 6.03. The molecule has 2 rings (SSSR count). The van der Waals surface area contributed by atoms with Crippen LogP contribution in [-0.4, -0.2) is 52.0 Å². The van der Waals surface area contributed by atoms with Crippen LogP contribution in [0.3, 0.4) is 0 Å². The van der Waals surface area contributed by atoms with Crippen LogP contribution in [0.15, 0.2) is 47.5 Å². The predicted molar refractivity (Wildman–Crippen MR) is 120 cm³/mol. The van der Waals surface area contributed by atoms with E-state index in [0.29, 0.717) is 36.2 Å². The Kier molecular flexibility index (Phi) is 8.80. The maximum atomic E-state index is 10.8. The van der Waals surface area contributed by atoms with Crippen molar-refractivity contribution in [2.24, 2.45) is 4.99 Å². The smallest absolute Gasteiger partial charge is 0.203 e. The highest BCUT2D eigenvalue weighted by Gasteiger charge is 2.22. The van der Waals surface area contributed by atoms with Gasteiger partial charge in [-0.1, -0.05) is 36.4 Å². The first-order chi connectivity index (χ1) is 14.5. The summed E-state index contributed by atoms with van der Waals surface area (Å²) in [4.78, 5) is 4.56.